The number of rotatable bonds is 6. The van der Waals surface area contributed by atoms with Gasteiger partial charge < -0.3 is 10.4 Å². The smallest absolute Gasteiger partial charge is 0.253 e. The topological polar surface area (TPSA) is 49.3 Å². The van der Waals surface area contributed by atoms with E-state index in [1.165, 1.54) is 18.2 Å². The number of amides is 1. The first-order chi connectivity index (χ1) is 8.56. The number of aliphatic hydroxyl groups is 1. The largest absolute Gasteiger partial charge is 0.378 e. The van der Waals surface area contributed by atoms with Crippen molar-refractivity contribution < 1.29 is 14.3 Å². The Bertz CT molecular complexity index is 407. The molecule has 0 heterocycles. The average Bonchev–Trinajstić information content (AvgIpc) is 2.37. The van der Waals surface area contributed by atoms with E-state index < -0.39 is 12.0 Å². The Morgan fingerprint density at radius 2 is 2.17 bits per heavy atom. The highest BCUT2D eigenvalue weighted by molar-refractivity contribution is 5.81. The molecule has 3 nitrogen and oxygen atoms in total. The minimum atomic E-state index is -1.23. The van der Waals surface area contributed by atoms with E-state index in [4.69, 9.17) is 0 Å². The third kappa shape index (κ3) is 4.11. The number of benzene rings is 1. The molecule has 1 rings (SSSR count). The van der Waals surface area contributed by atoms with Crippen LogP contribution in [-0.4, -0.2) is 17.6 Å². The number of aryl methyl sites for hydroxylation is 1. The van der Waals surface area contributed by atoms with Crippen molar-refractivity contribution in [2.24, 2.45) is 0 Å². The molecule has 0 bridgehead atoms. The summed E-state index contributed by atoms with van der Waals surface area (Å²) in [6, 6.07) is 4.18. The molecule has 0 aliphatic heterocycles. The molecule has 1 unspecified atom stereocenters. The Hall–Kier alpha value is -1.42. The summed E-state index contributed by atoms with van der Waals surface area (Å²) in [5, 5.41) is 12.5. The first-order valence-electron chi connectivity index (χ1n) is 6.28. The lowest BCUT2D eigenvalue weighted by atomic mass is 10.1. The molecule has 1 aromatic rings. The van der Waals surface area contributed by atoms with Crippen molar-refractivity contribution in [1.82, 2.24) is 5.32 Å². The molecule has 0 aliphatic carbocycles. The molecular weight excluding hydrogens is 233 g/mol. The molecule has 0 fully saturated rings. The maximum Gasteiger partial charge on any atom is 0.253 e. The Kier molecular flexibility index (Phi) is 5.78. The number of aliphatic hydroxyl groups excluding tert-OH is 1. The lowest BCUT2D eigenvalue weighted by molar-refractivity contribution is -0.129. The Labute approximate surface area is 107 Å². The van der Waals surface area contributed by atoms with Gasteiger partial charge in [0, 0.05) is 6.54 Å². The van der Waals surface area contributed by atoms with Gasteiger partial charge >= 0.3 is 0 Å². The van der Waals surface area contributed by atoms with Crippen LogP contribution in [0.1, 0.15) is 43.4 Å². The number of nitrogens with one attached hydrogen (secondary N) is 1. The van der Waals surface area contributed by atoms with Gasteiger partial charge in [0.2, 0.25) is 0 Å². The molecule has 0 spiro atoms. The second-order valence-electron chi connectivity index (χ2n) is 4.41. The van der Waals surface area contributed by atoms with Gasteiger partial charge in [-0.15, -0.1) is 0 Å². The number of carbonyl (C=O) groups is 1. The van der Waals surface area contributed by atoms with Gasteiger partial charge in [0.15, 0.2) is 6.10 Å². The third-order valence-corrected chi connectivity index (χ3v) is 2.83. The lowest BCUT2D eigenvalue weighted by Crippen LogP contribution is -2.30. The van der Waals surface area contributed by atoms with Gasteiger partial charge in [-0.25, -0.2) is 4.39 Å². The van der Waals surface area contributed by atoms with Crippen LogP contribution in [0.3, 0.4) is 0 Å². The minimum absolute atomic E-state index is 0.339. The summed E-state index contributed by atoms with van der Waals surface area (Å²) in [7, 11) is 0. The number of unbranched alkanes of at least 4 members (excludes halogenated alkanes) is 2. The van der Waals surface area contributed by atoms with Crippen LogP contribution in [0.2, 0.25) is 0 Å². The van der Waals surface area contributed by atoms with Crippen molar-refractivity contribution in [2.45, 2.75) is 39.2 Å². The van der Waals surface area contributed by atoms with Crippen molar-refractivity contribution in [3.8, 4) is 0 Å². The van der Waals surface area contributed by atoms with Crippen LogP contribution >= 0.6 is 0 Å². The maximum atomic E-state index is 13.1. The van der Waals surface area contributed by atoms with Crippen LogP contribution in [0, 0.1) is 12.7 Å². The molecule has 0 saturated heterocycles. The van der Waals surface area contributed by atoms with Crippen LogP contribution in [0.5, 0.6) is 0 Å². The number of carbonyl (C=O) groups excluding carboxylic acids is 1. The summed E-state index contributed by atoms with van der Waals surface area (Å²) < 4.78 is 13.1. The van der Waals surface area contributed by atoms with Gasteiger partial charge in [-0.05, 0) is 30.5 Å². The molecule has 100 valence electrons. The van der Waals surface area contributed by atoms with E-state index in [0.717, 1.165) is 19.3 Å². The maximum absolute atomic E-state index is 13.1. The molecule has 0 saturated carbocycles. The SMILES string of the molecule is CCCCCNC(=O)C(O)c1ccc(F)c(C)c1. The number of hydrogen-bond donors (Lipinski definition) is 2. The summed E-state index contributed by atoms with van der Waals surface area (Å²) in [5.41, 5.74) is 0.840. The van der Waals surface area contributed by atoms with E-state index in [2.05, 4.69) is 12.2 Å². The molecular formula is C14H20FNO2. The standard InChI is InChI=1S/C14H20FNO2/c1-3-4-5-8-16-14(18)13(17)11-6-7-12(15)10(2)9-11/h6-7,9,13,17H,3-5,8H2,1-2H3,(H,16,18). The number of hydrogen-bond acceptors (Lipinski definition) is 2. The molecule has 2 N–H and O–H groups in total. The monoisotopic (exact) mass is 253 g/mol. The van der Waals surface area contributed by atoms with Crippen molar-refractivity contribution in [3.63, 3.8) is 0 Å². The fourth-order valence-electron chi connectivity index (χ4n) is 1.67. The molecule has 0 aliphatic rings. The van der Waals surface area contributed by atoms with Gasteiger partial charge in [0.25, 0.3) is 5.91 Å². The summed E-state index contributed by atoms with van der Waals surface area (Å²) in [6.07, 6.45) is 1.80. The summed E-state index contributed by atoms with van der Waals surface area (Å²) in [5.74, 6) is -0.772. The molecule has 1 atom stereocenters. The van der Waals surface area contributed by atoms with E-state index in [0.29, 0.717) is 17.7 Å². The van der Waals surface area contributed by atoms with Crippen molar-refractivity contribution in [2.75, 3.05) is 6.54 Å². The van der Waals surface area contributed by atoms with E-state index in [9.17, 15) is 14.3 Å². The normalized spacial score (nSPS) is 12.2. The molecule has 0 aromatic heterocycles. The van der Waals surface area contributed by atoms with E-state index in [-0.39, 0.29) is 5.82 Å². The summed E-state index contributed by atoms with van der Waals surface area (Å²) in [4.78, 5) is 11.6. The average molecular weight is 253 g/mol. The molecule has 18 heavy (non-hydrogen) atoms. The highest BCUT2D eigenvalue weighted by Gasteiger charge is 2.17. The zero-order valence-corrected chi connectivity index (χ0v) is 10.9. The van der Waals surface area contributed by atoms with Crippen LogP contribution in [0.25, 0.3) is 0 Å². The number of halogens is 1. The lowest BCUT2D eigenvalue weighted by Gasteiger charge is -2.12. The molecule has 1 aromatic carbocycles. The zero-order valence-electron chi connectivity index (χ0n) is 10.9. The van der Waals surface area contributed by atoms with Crippen LogP contribution in [0.4, 0.5) is 4.39 Å². The second kappa shape index (κ2) is 7.11. The fourth-order valence-corrected chi connectivity index (χ4v) is 1.67. The first-order valence-corrected chi connectivity index (χ1v) is 6.28. The van der Waals surface area contributed by atoms with E-state index in [1.54, 1.807) is 6.92 Å². The van der Waals surface area contributed by atoms with Crippen LogP contribution in [0.15, 0.2) is 18.2 Å². The Morgan fingerprint density at radius 1 is 1.44 bits per heavy atom. The van der Waals surface area contributed by atoms with Crippen molar-refractivity contribution in [1.29, 1.82) is 0 Å². The first kappa shape index (κ1) is 14.6. The van der Waals surface area contributed by atoms with Gasteiger partial charge in [-0.1, -0.05) is 31.9 Å². The highest BCUT2D eigenvalue weighted by atomic mass is 19.1. The minimum Gasteiger partial charge on any atom is -0.378 e. The molecule has 4 heteroatoms. The fraction of sp³-hybridized carbons (Fsp3) is 0.500. The predicted octanol–water partition coefficient (Wildman–Crippen LogP) is 2.47. The molecule has 0 radical (unpaired) electrons. The quantitative estimate of drug-likeness (QED) is 0.765. The van der Waals surface area contributed by atoms with Crippen molar-refractivity contribution in [3.05, 3.63) is 35.1 Å². The Balaban J connectivity index is 2.54. The predicted molar refractivity (Wildman–Crippen MR) is 68.6 cm³/mol. The van der Waals surface area contributed by atoms with Gasteiger partial charge in [-0.3, -0.25) is 4.79 Å². The highest BCUT2D eigenvalue weighted by Crippen LogP contribution is 2.16. The van der Waals surface area contributed by atoms with E-state index >= 15 is 0 Å². The second-order valence-corrected chi connectivity index (χ2v) is 4.41. The molecule has 1 amide bonds. The van der Waals surface area contributed by atoms with Gasteiger partial charge in [-0.2, -0.15) is 0 Å². The summed E-state index contributed by atoms with van der Waals surface area (Å²) in [6.45, 7) is 4.24. The summed E-state index contributed by atoms with van der Waals surface area (Å²) >= 11 is 0. The zero-order chi connectivity index (χ0) is 13.5. The third-order valence-electron chi connectivity index (χ3n) is 2.83. The van der Waals surface area contributed by atoms with Crippen LogP contribution < -0.4 is 5.32 Å². The van der Waals surface area contributed by atoms with Gasteiger partial charge in [0.05, 0.1) is 0 Å². The Morgan fingerprint density at radius 3 is 2.78 bits per heavy atom. The van der Waals surface area contributed by atoms with Crippen molar-refractivity contribution >= 4 is 5.91 Å². The van der Waals surface area contributed by atoms with E-state index in [1.807, 2.05) is 0 Å². The van der Waals surface area contributed by atoms with Crippen LogP contribution in [-0.2, 0) is 4.79 Å². The van der Waals surface area contributed by atoms with Gasteiger partial charge in [0.1, 0.15) is 5.82 Å².